The lowest BCUT2D eigenvalue weighted by Gasteiger charge is -2.02. The second-order valence-electron chi connectivity index (χ2n) is 4.58. The maximum absolute atomic E-state index is 11.2. The van der Waals surface area contributed by atoms with Crippen molar-refractivity contribution in [3.8, 4) is 11.3 Å². The van der Waals surface area contributed by atoms with E-state index in [9.17, 15) is 4.79 Å². The molecule has 0 spiro atoms. The van der Waals surface area contributed by atoms with Crippen LogP contribution in [0.1, 0.15) is 41.4 Å². The van der Waals surface area contributed by atoms with Crippen LogP contribution in [0.5, 0.6) is 0 Å². The third-order valence-corrected chi connectivity index (χ3v) is 3.11. The zero-order chi connectivity index (χ0) is 13.8. The minimum Gasteiger partial charge on any atom is -0.477 e. The molecule has 0 aliphatic heterocycles. The fraction of sp³-hybridized carbons (Fsp3) is 0.333. The van der Waals surface area contributed by atoms with Gasteiger partial charge in [-0.25, -0.2) is 4.79 Å². The molecule has 0 aliphatic carbocycles. The Morgan fingerprint density at radius 2 is 2.00 bits per heavy atom. The molecule has 1 heterocycles. The van der Waals surface area contributed by atoms with Gasteiger partial charge in [-0.15, -0.1) is 0 Å². The van der Waals surface area contributed by atoms with E-state index in [0.29, 0.717) is 11.5 Å². The fourth-order valence-corrected chi connectivity index (χ4v) is 2.02. The Balaban J connectivity index is 2.30. The number of benzene rings is 1. The summed E-state index contributed by atoms with van der Waals surface area (Å²) in [6, 6.07) is 7.79. The molecule has 100 valence electrons. The second kappa shape index (κ2) is 5.69. The van der Waals surface area contributed by atoms with Gasteiger partial charge in [0.05, 0.1) is 5.69 Å². The van der Waals surface area contributed by atoms with Crippen LogP contribution in [0.25, 0.3) is 11.3 Å². The Bertz CT molecular complexity index is 570. The van der Waals surface area contributed by atoms with E-state index in [1.54, 1.807) is 6.92 Å². The number of unbranched alkanes of at least 4 members (excludes halogenated alkanes) is 1. The van der Waals surface area contributed by atoms with Crippen LogP contribution in [0.2, 0.25) is 0 Å². The largest absolute Gasteiger partial charge is 0.477 e. The van der Waals surface area contributed by atoms with Crippen molar-refractivity contribution in [2.75, 3.05) is 0 Å². The van der Waals surface area contributed by atoms with Crippen molar-refractivity contribution in [2.24, 2.45) is 0 Å². The van der Waals surface area contributed by atoms with Gasteiger partial charge in [0.2, 0.25) is 0 Å². The Labute approximate surface area is 112 Å². The highest BCUT2D eigenvalue weighted by molar-refractivity contribution is 5.95. The zero-order valence-corrected chi connectivity index (χ0v) is 11.1. The Kier molecular flexibility index (Phi) is 4.00. The Morgan fingerprint density at radius 1 is 1.32 bits per heavy atom. The van der Waals surface area contributed by atoms with E-state index in [1.807, 2.05) is 24.3 Å². The number of hydrogen-bond donors (Lipinski definition) is 1. The first-order chi connectivity index (χ1) is 9.13. The highest BCUT2D eigenvalue weighted by Gasteiger charge is 2.20. The monoisotopic (exact) mass is 259 g/mol. The topological polar surface area (TPSA) is 63.3 Å². The van der Waals surface area contributed by atoms with Crippen LogP contribution in [-0.2, 0) is 6.42 Å². The van der Waals surface area contributed by atoms with Crippen LogP contribution in [0.3, 0.4) is 0 Å². The molecule has 0 bridgehead atoms. The molecule has 1 aromatic heterocycles. The van der Waals surface area contributed by atoms with Crippen molar-refractivity contribution in [3.63, 3.8) is 0 Å². The molecule has 0 fully saturated rings. The summed E-state index contributed by atoms with van der Waals surface area (Å²) in [4.78, 5) is 11.2. The van der Waals surface area contributed by atoms with E-state index in [4.69, 9.17) is 9.63 Å². The lowest BCUT2D eigenvalue weighted by atomic mass is 10.0. The van der Waals surface area contributed by atoms with E-state index in [1.165, 1.54) is 5.56 Å². The van der Waals surface area contributed by atoms with Gasteiger partial charge in [0.15, 0.2) is 5.76 Å². The molecule has 0 amide bonds. The predicted octanol–water partition coefficient (Wildman–Crippen LogP) is 3.69. The molecule has 0 unspecified atom stereocenters. The zero-order valence-electron chi connectivity index (χ0n) is 11.1. The van der Waals surface area contributed by atoms with Gasteiger partial charge in [-0.2, -0.15) is 0 Å². The van der Waals surface area contributed by atoms with Crippen molar-refractivity contribution < 1.29 is 14.4 Å². The van der Waals surface area contributed by atoms with E-state index in [-0.39, 0.29) is 5.56 Å². The Hall–Kier alpha value is -2.10. The van der Waals surface area contributed by atoms with Crippen LogP contribution >= 0.6 is 0 Å². The fourth-order valence-electron chi connectivity index (χ4n) is 2.02. The SMILES string of the molecule is CCCCc1ccc(-c2onc(C)c2C(=O)O)cc1. The first kappa shape index (κ1) is 13.3. The van der Waals surface area contributed by atoms with Gasteiger partial charge >= 0.3 is 5.97 Å². The quantitative estimate of drug-likeness (QED) is 0.889. The number of rotatable bonds is 5. The van der Waals surface area contributed by atoms with Crippen LogP contribution in [0.15, 0.2) is 28.8 Å². The number of carboxylic acids is 1. The molecule has 1 aromatic carbocycles. The summed E-state index contributed by atoms with van der Waals surface area (Å²) >= 11 is 0. The van der Waals surface area contributed by atoms with Crippen LogP contribution in [-0.4, -0.2) is 16.2 Å². The summed E-state index contributed by atoms with van der Waals surface area (Å²) in [6.07, 6.45) is 3.35. The van der Waals surface area contributed by atoms with Crippen LogP contribution in [0.4, 0.5) is 0 Å². The number of hydrogen-bond acceptors (Lipinski definition) is 3. The summed E-state index contributed by atoms with van der Waals surface area (Å²) in [5, 5.41) is 12.9. The molecule has 1 N–H and O–H groups in total. The van der Waals surface area contributed by atoms with Gasteiger partial charge in [0.25, 0.3) is 0 Å². The van der Waals surface area contributed by atoms with Gasteiger partial charge in [-0.3, -0.25) is 0 Å². The smallest absolute Gasteiger partial charge is 0.341 e. The highest BCUT2D eigenvalue weighted by atomic mass is 16.5. The van der Waals surface area contributed by atoms with Crippen molar-refractivity contribution >= 4 is 5.97 Å². The number of carbonyl (C=O) groups is 1. The number of aromatic nitrogens is 1. The third kappa shape index (κ3) is 2.84. The minimum absolute atomic E-state index is 0.140. The summed E-state index contributed by atoms with van der Waals surface area (Å²) in [6.45, 7) is 3.79. The van der Waals surface area contributed by atoms with Crippen LogP contribution < -0.4 is 0 Å². The number of nitrogens with zero attached hydrogens (tertiary/aromatic N) is 1. The second-order valence-corrected chi connectivity index (χ2v) is 4.58. The molecule has 0 atom stereocenters. The molecule has 19 heavy (non-hydrogen) atoms. The van der Waals surface area contributed by atoms with Gasteiger partial charge in [-0.1, -0.05) is 42.8 Å². The normalized spacial score (nSPS) is 10.6. The van der Waals surface area contributed by atoms with Gasteiger partial charge in [-0.05, 0) is 25.3 Å². The molecule has 4 heteroatoms. The number of aromatic carboxylic acids is 1. The molecule has 0 saturated heterocycles. The van der Waals surface area contributed by atoms with E-state index >= 15 is 0 Å². The average molecular weight is 259 g/mol. The first-order valence-corrected chi connectivity index (χ1v) is 6.42. The average Bonchev–Trinajstić information content (AvgIpc) is 2.79. The maximum atomic E-state index is 11.2. The number of aryl methyl sites for hydroxylation is 2. The van der Waals surface area contributed by atoms with Crippen LogP contribution in [0, 0.1) is 6.92 Å². The van der Waals surface area contributed by atoms with E-state index < -0.39 is 5.97 Å². The molecule has 0 radical (unpaired) electrons. The Morgan fingerprint density at radius 3 is 2.58 bits per heavy atom. The maximum Gasteiger partial charge on any atom is 0.341 e. The molecule has 0 aliphatic rings. The molecule has 0 saturated carbocycles. The summed E-state index contributed by atoms with van der Waals surface area (Å²) in [7, 11) is 0. The summed E-state index contributed by atoms with van der Waals surface area (Å²) in [5.41, 5.74) is 2.54. The highest BCUT2D eigenvalue weighted by Crippen LogP contribution is 2.26. The van der Waals surface area contributed by atoms with Gasteiger partial charge in [0.1, 0.15) is 5.56 Å². The van der Waals surface area contributed by atoms with Crippen molar-refractivity contribution in [3.05, 3.63) is 41.1 Å². The third-order valence-electron chi connectivity index (χ3n) is 3.11. The van der Waals surface area contributed by atoms with Crippen molar-refractivity contribution in [2.45, 2.75) is 33.1 Å². The molecular weight excluding hydrogens is 242 g/mol. The molecule has 4 nitrogen and oxygen atoms in total. The van der Waals surface area contributed by atoms with Gasteiger partial charge in [0, 0.05) is 5.56 Å². The van der Waals surface area contributed by atoms with Crippen molar-refractivity contribution in [1.82, 2.24) is 5.16 Å². The first-order valence-electron chi connectivity index (χ1n) is 6.42. The summed E-state index contributed by atoms with van der Waals surface area (Å²) < 4.78 is 5.13. The molecule has 2 rings (SSSR count). The van der Waals surface area contributed by atoms with Gasteiger partial charge < -0.3 is 9.63 Å². The minimum atomic E-state index is -1.01. The van der Waals surface area contributed by atoms with Crippen molar-refractivity contribution in [1.29, 1.82) is 0 Å². The standard InChI is InChI=1S/C15H17NO3/c1-3-4-5-11-6-8-12(9-7-11)14-13(15(17)18)10(2)16-19-14/h6-9H,3-5H2,1-2H3,(H,17,18). The molecule has 2 aromatic rings. The lowest BCUT2D eigenvalue weighted by Crippen LogP contribution is -1.99. The lowest BCUT2D eigenvalue weighted by molar-refractivity contribution is 0.0696. The molecular formula is C15H17NO3. The summed E-state index contributed by atoms with van der Waals surface area (Å²) in [5.74, 6) is -0.684. The number of carboxylic acid groups (broad SMARTS) is 1. The van der Waals surface area contributed by atoms with E-state index in [2.05, 4.69) is 12.1 Å². The predicted molar refractivity (Wildman–Crippen MR) is 72.2 cm³/mol. The van der Waals surface area contributed by atoms with E-state index in [0.717, 1.165) is 24.8 Å².